The third kappa shape index (κ3) is 6.57. The molecule has 154 valence electrons. The van der Waals surface area contributed by atoms with Crippen LogP contribution < -0.4 is 32.9 Å². The van der Waals surface area contributed by atoms with Crippen LogP contribution >= 0.6 is 23.2 Å². The van der Waals surface area contributed by atoms with E-state index in [0.717, 1.165) is 17.9 Å². The molecule has 12 heteroatoms. The molecule has 0 aliphatic heterocycles. The topological polar surface area (TPSA) is 161 Å². The quantitative estimate of drug-likeness (QED) is 0.116. The molecular weight excluding hydrogens is 417 g/mol. The van der Waals surface area contributed by atoms with Crippen molar-refractivity contribution in [3.05, 3.63) is 46.4 Å². The lowest BCUT2D eigenvalue weighted by atomic mass is 10.0. The largest absolute Gasteiger partial charge is 0.492 e. The van der Waals surface area contributed by atoms with Crippen molar-refractivity contribution in [2.75, 3.05) is 20.2 Å². The van der Waals surface area contributed by atoms with Crippen LogP contribution in [0.25, 0.3) is 11.1 Å². The SMILES string of the molecule is CNCCOc1ccc(-c2c(Cl)cc(N=C(N)N=C(N=NN)NN)cc2Cl)cc1. The van der Waals surface area contributed by atoms with Crippen molar-refractivity contribution in [2.24, 2.45) is 37.7 Å². The number of hydrazine groups is 1. The van der Waals surface area contributed by atoms with Gasteiger partial charge in [-0.1, -0.05) is 45.7 Å². The molecule has 0 fully saturated rings. The van der Waals surface area contributed by atoms with E-state index < -0.39 is 0 Å². The monoisotopic (exact) mass is 437 g/mol. The zero-order valence-corrected chi connectivity index (χ0v) is 17.1. The molecule has 0 aliphatic carbocycles. The summed E-state index contributed by atoms with van der Waals surface area (Å²) in [7, 11) is 1.86. The Balaban J connectivity index is 2.26. The summed E-state index contributed by atoms with van der Waals surface area (Å²) in [5.74, 6) is 10.7. The molecule has 0 saturated heterocycles. The first-order chi connectivity index (χ1) is 14.0. The minimum atomic E-state index is -0.145. The number of nitrogens with one attached hydrogen (secondary N) is 2. The molecule has 2 rings (SSSR count). The van der Waals surface area contributed by atoms with Gasteiger partial charge in [-0.05, 0) is 36.9 Å². The second-order valence-corrected chi connectivity index (χ2v) is 6.34. The Hall–Kier alpha value is -2.92. The molecular formula is C17H21Cl2N9O. The van der Waals surface area contributed by atoms with Crippen molar-refractivity contribution >= 4 is 40.8 Å². The maximum atomic E-state index is 6.43. The summed E-state index contributed by atoms with van der Waals surface area (Å²) in [6, 6.07) is 10.7. The Morgan fingerprint density at radius 2 is 1.79 bits per heavy atom. The molecule has 29 heavy (non-hydrogen) atoms. The molecule has 0 radical (unpaired) electrons. The molecule has 0 unspecified atom stereocenters. The molecule has 8 N–H and O–H groups in total. The van der Waals surface area contributed by atoms with Crippen LogP contribution in [0.1, 0.15) is 0 Å². The number of benzene rings is 2. The summed E-state index contributed by atoms with van der Waals surface area (Å²) in [4.78, 5) is 7.94. The Morgan fingerprint density at radius 3 is 2.34 bits per heavy atom. The van der Waals surface area contributed by atoms with E-state index in [1.54, 1.807) is 12.1 Å². The van der Waals surface area contributed by atoms with E-state index in [2.05, 4.69) is 31.1 Å². The van der Waals surface area contributed by atoms with Gasteiger partial charge in [0.2, 0.25) is 5.96 Å². The van der Waals surface area contributed by atoms with Gasteiger partial charge < -0.3 is 21.6 Å². The number of hydrogen-bond donors (Lipinski definition) is 5. The first-order valence-corrected chi connectivity index (χ1v) is 9.11. The third-order valence-electron chi connectivity index (χ3n) is 3.54. The van der Waals surface area contributed by atoms with Gasteiger partial charge in [-0.2, -0.15) is 4.99 Å². The summed E-state index contributed by atoms with van der Waals surface area (Å²) in [6.45, 7) is 1.33. The zero-order chi connectivity index (χ0) is 21.2. The number of nitrogens with zero attached hydrogens (tertiary/aromatic N) is 4. The molecule has 2 aromatic rings. The van der Waals surface area contributed by atoms with Crippen molar-refractivity contribution in [1.29, 1.82) is 0 Å². The molecule has 0 bridgehead atoms. The van der Waals surface area contributed by atoms with Crippen molar-refractivity contribution < 1.29 is 4.74 Å². The third-order valence-corrected chi connectivity index (χ3v) is 4.13. The Kier molecular flexibility index (Phi) is 8.62. The lowest BCUT2D eigenvalue weighted by Crippen LogP contribution is -2.30. The molecule has 0 aliphatic rings. The lowest BCUT2D eigenvalue weighted by molar-refractivity contribution is 0.318. The summed E-state index contributed by atoms with van der Waals surface area (Å²) in [5.41, 5.74) is 9.82. The van der Waals surface area contributed by atoms with Crippen LogP contribution in [0, 0.1) is 0 Å². The van der Waals surface area contributed by atoms with Gasteiger partial charge in [0.25, 0.3) is 5.96 Å². The Labute approximate surface area is 177 Å². The van der Waals surface area contributed by atoms with E-state index in [9.17, 15) is 0 Å². The van der Waals surface area contributed by atoms with E-state index in [-0.39, 0.29) is 11.9 Å². The molecule has 0 aromatic heterocycles. The summed E-state index contributed by atoms with van der Waals surface area (Å²) >= 11 is 12.9. The fourth-order valence-corrected chi connectivity index (χ4v) is 2.99. The Bertz CT molecular complexity index is 891. The summed E-state index contributed by atoms with van der Waals surface area (Å²) in [5, 5.41) is 10.3. The van der Waals surface area contributed by atoms with E-state index in [1.807, 2.05) is 31.3 Å². The van der Waals surface area contributed by atoms with Crippen LogP contribution in [0.15, 0.2) is 56.7 Å². The van der Waals surface area contributed by atoms with Crippen LogP contribution in [0.3, 0.4) is 0 Å². The smallest absolute Gasteiger partial charge is 0.261 e. The number of aliphatic imine (C=N–C) groups is 2. The highest BCUT2D eigenvalue weighted by Gasteiger charge is 2.11. The average molecular weight is 438 g/mol. The van der Waals surface area contributed by atoms with Gasteiger partial charge >= 0.3 is 0 Å². The van der Waals surface area contributed by atoms with Crippen molar-refractivity contribution in [2.45, 2.75) is 0 Å². The number of hydrogen-bond acceptors (Lipinski definition) is 5. The van der Waals surface area contributed by atoms with Crippen LogP contribution in [0.5, 0.6) is 5.75 Å². The van der Waals surface area contributed by atoms with Crippen LogP contribution in [0.2, 0.25) is 10.0 Å². The molecule has 2 aromatic carbocycles. The number of ether oxygens (including phenoxy) is 1. The summed E-state index contributed by atoms with van der Waals surface area (Å²) in [6.07, 6.45) is 0. The molecule has 0 spiro atoms. The molecule has 10 nitrogen and oxygen atoms in total. The van der Waals surface area contributed by atoms with Crippen molar-refractivity contribution in [3.63, 3.8) is 0 Å². The fourth-order valence-electron chi connectivity index (χ4n) is 2.29. The van der Waals surface area contributed by atoms with E-state index in [4.69, 9.17) is 45.4 Å². The average Bonchev–Trinajstić information content (AvgIpc) is 2.68. The minimum absolute atomic E-state index is 0.111. The number of rotatable bonds is 6. The zero-order valence-electron chi connectivity index (χ0n) is 15.6. The van der Waals surface area contributed by atoms with Crippen LogP contribution in [0.4, 0.5) is 5.69 Å². The predicted octanol–water partition coefficient (Wildman–Crippen LogP) is 2.35. The molecule has 0 atom stereocenters. The predicted molar refractivity (Wildman–Crippen MR) is 116 cm³/mol. The van der Waals surface area contributed by atoms with Crippen LogP contribution in [-0.4, -0.2) is 32.1 Å². The highest BCUT2D eigenvalue weighted by molar-refractivity contribution is 6.39. The fraction of sp³-hybridized carbons (Fsp3) is 0.176. The standard InChI is InChI=1S/C17H21Cl2N9O/c1-23-6-7-29-12-4-2-10(3-5-12)15-13(18)8-11(9-14(15)19)24-16(20)25-17(26-21)27-28-22/h2-5,8-9,23H,6-7,21H2,1H3,(H5,20,22,24,25,26,27). The van der Waals surface area contributed by atoms with Crippen molar-refractivity contribution in [1.82, 2.24) is 10.7 Å². The van der Waals surface area contributed by atoms with Gasteiger partial charge in [0.1, 0.15) is 12.4 Å². The highest BCUT2D eigenvalue weighted by Crippen LogP contribution is 2.38. The maximum Gasteiger partial charge on any atom is 0.261 e. The number of halogens is 2. The Morgan fingerprint density at radius 1 is 1.14 bits per heavy atom. The maximum absolute atomic E-state index is 6.43. The highest BCUT2D eigenvalue weighted by atomic mass is 35.5. The van der Waals surface area contributed by atoms with E-state index >= 15 is 0 Å². The second kappa shape index (κ2) is 11.2. The second-order valence-electron chi connectivity index (χ2n) is 5.53. The van der Waals surface area contributed by atoms with Gasteiger partial charge in [-0.25, -0.2) is 10.8 Å². The van der Waals surface area contributed by atoms with Gasteiger partial charge in [0.05, 0.1) is 15.7 Å². The molecule has 0 heterocycles. The number of nitrogens with two attached hydrogens (primary N) is 3. The van der Waals surface area contributed by atoms with Gasteiger partial charge in [0.15, 0.2) is 0 Å². The lowest BCUT2D eigenvalue weighted by Gasteiger charge is -2.10. The summed E-state index contributed by atoms with van der Waals surface area (Å²) < 4.78 is 5.61. The van der Waals surface area contributed by atoms with Crippen molar-refractivity contribution in [3.8, 4) is 16.9 Å². The number of guanidine groups is 2. The van der Waals surface area contributed by atoms with Gasteiger partial charge in [-0.3, -0.25) is 5.43 Å². The van der Waals surface area contributed by atoms with Gasteiger partial charge in [-0.15, -0.1) is 0 Å². The van der Waals surface area contributed by atoms with Gasteiger partial charge in [0, 0.05) is 12.1 Å². The first kappa shape index (κ1) is 22.4. The van der Waals surface area contributed by atoms with E-state index in [1.165, 1.54) is 0 Å². The van der Waals surface area contributed by atoms with E-state index in [0.29, 0.717) is 27.9 Å². The molecule has 0 amide bonds. The van der Waals surface area contributed by atoms with Crippen LogP contribution in [-0.2, 0) is 0 Å². The first-order valence-electron chi connectivity index (χ1n) is 8.35. The molecule has 0 saturated carbocycles. The minimum Gasteiger partial charge on any atom is -0.492 e. The number of likely N-dealkylation sites (N-methyl/N-ethyl adjacent to an activating group) is 1. The normalized spacial score (nSPS) is 12.4.